The summed E-state index contributed by atoms with van der Waals surface area (Å²) in [6, 6.07) is 5.13. The number of halogens is 1. The van der Waals surface area contributed by atoms with Gasteiger partial charge in [-0.2, -0.15) is 5.21 Å². The first-order valence-electron chi connectivity index (χ1n) is 6.33. The SMILES string of the molecule is CC(C)C(C)NC(=O)c1cc(-c2nn[nH]n2)ccc1Cl. The van der Waals surface area contributed by atoms with Gasteiger partial charge in [-0.3, -0.25) is 4.79 Å². The highest BCUT2D eigenvalue weighted by molar-refractivity contribution is 6.34. The number of hydrogen-bond donors (Lipinski definition) is 2. The molecule has 0 aliphatic heterocycles. The maximum Gasteiger partial charge on any atom is 0.253 e. The van der Waals surface area contributed by atoms with Crippen molar-refractivity contribution < 1.29 is 4.79 Å². The van der Waals surface area contributed by atoms with Crippen LogP contribution in [0, 0.1) is 5.92 Å². The van der Waals surface area contributed by atoms with Crippen LogP contribution in [0.4, 0.5) is 0 Å². The average molecular weight is 294 g/mol. The van der Waals surface area contributed by atoms with E-state index in [1.165, 1.54) is 0 Å². The molecule has 106 valence electrons. The van der Waals surface area contributed by atoms with Gasteiger partial charge in [0.1, 0.15) is 0 Å². The molecule has 0 radical (unpaired) electrons. The largest absolute Gasteiger partial charge is 0.349 e. The van der Waals surface area contributed by atoms with Gasteiger partial charge in [0.05, 0.1) is 10.6 Å². The minimum Gasteiger partial charge on any atom is -0.349 e. The monoisotopic (exact) mass is 293 g/mol. The van der Waals surface area contributed by atoms with E-state index in [1.807, 2.05) is 20.8 Å². The van der Waals surface area contributed by atoms with Crippen LogP contribution in [0.2, 0.25) is 5.02 Å². The van der Waals surface area contributed by atoms with Crippen LogP contribution in [-0.2, 0) is 0 Å². The molecule has 0 bridgehead atoms. The number of hydrogen-bond acceptors (Lipinski definition) is 4. The predicted octanol–water partition coefficient (Wildman–Crippen LogP) is 2.29. The number of aromatic amines is 1. The van der Waals surface area contributed by atoms with Gasteiger partial charge in [-0.05, 0) is 36.3 Å². The predicted molar refractivity (Wildman–Crippen MR) is 76.4 cm³/mol. The quantitative estimate of drug-likeness (QED) is 0.906. The second-order valence-corrected chi connectivity index (χ2v) is 5.34. The summed E-state index contributed by atoms with van der Waals surface area (Å²) < 4.78 is 0. The number of aromatic nitrogens is 4. The zero-order chi connectivity index (χ0) is 14.7. The standard InChI is InChI=1S/C13H16ClN5O/c1-7(2)8(3)15-13(20)10-6-9(4-5-11(10)14)12-16-18-19-17-12/h4-8H,1-3H3,(H,15,20)(H,16,17,18,19). The number of benzene rings is 1. The van der Waals surface area contributed by atoms with Gasteiger partial charge in [0.15, 0.2) is 0 Å². The van der Waals surface area contributed by atoms with Gasteiger partial charge in [0.2, 0.25) is 5.82 Å². The van der Waals surface area contributed by atoms with Crippen LogP contribution in [0.3, 0.4) is 0 Å². The van der Waals surface area contributed by atoms with Gasteiger partial charge < -0.3 is 5.32 Å². The molecule has 0 fully saturated rings. The van der Waals surface area contributed by atoms with Crippen LogP contribution in [0.5, 0.6) is 0 Å². The van der Waals surface area contributed by atoms with Crippen molar-refractivity contribution >= 4 is 17.5 Å². The Morgan fingerprint density at radius 1 is 1.35 bits per heavy atom. The third kappa shape index (κ3) is 3.14. The molecule has 1 unspecified atom stereocenters. The van der Waals surface area contributed by atoms with Crippen molar-refractivity contribution in [2.45, 2.75) is 26.8 Å². The summed E-state index contributed by atoms with van der Waals surface area (Å²) in [7, 11) is 0. The van der Waals surface area contributed by atoms with Gasteiger partial charge in [0, 0.05) is 11.6 Å². The Kier molecular flexibility index (Phi) is 4.34. The summed E-state index contributed by atoms with van der Waals surface area (Å²) in [6.07, 6.45) is 0. The molecule has 1 heterocycles. The van der Waals surface area contributed by atoms with E-state index in [0.29, 0.717) is 27.9 Å². The van der Waals surface area contributed by atoms with Crippen LogP contribution in [-0.4, -0.2) is 32.6 Å². The molecule has 0 saturated heterocycles. The molecule has 1 amide bonds. The number of nitrogens with one attached hydrogen (secondary N) is 2. The minimum atomic E-state index is -0.207. The Labute approximate surface area is 121 Å². The van der Waals surface area contributed by atoms with Crippen molar-refractivity contribution in [2.75, 3.05) is 0 Å². The van der Waals surface area contributed by atoms with Crippen LogP contribution >= 0.6 is 11.6 Å². The molecule has 0 aliphatic carbocycles. The van der Waals surface area contributed by atoms with E-state index < -0.39 is 0 Å². The van der Waals surface area contributed by atoms with Crippen molar-refractivity contribution in [1.82, 2.24) is 25.9 Å². The highest BCUT2D eigenvalue weighted by atomic mass is 35.5. The first-order chi connectivity index (χ1) is 9.49. The molecule has 0 saturated carbocycles. The van der Waals surface area contributed by atoms with E-state index in [1.54, 1.807) is 18.2 Å². The van der Waals surface area contributed by atoms with Gasteiger partial charge in [-0.15, -0.1) is 10.2 Å². The second-order valence-electron chi connectivity index (χ2n) is 4.94. The Bertz CT molecular complexity index is 597. The number of amides is 1. The number of carbonyl (C=O) groups is 1. The zero-order valence-electron chi connectivity index (χ0n) is 11.5. The summed E-state index contributed by atoms with van der Waals surface area (Å²) in [5.74, 6) is 0.562. The van der Waals surface area contributed by atoms with Crippen LogP contribution in [0.1, 0.15) is 31.1 Å². The van der Waals surface area contributed by atoms with Gasteiger partial charge in [0.25, 0.3) is 5.91 Å². The number of nitrogens with zero attached hydrogens (tertiary/aromatic N) is 3. The lowest BCUT2D eigenvalue weighted by Gasteiger charge is -2.18. The fourth-order valence-corrected chi connectivity index (χ4v) is 1.78. The summed E-state index contributed by atoms with van der Waals surface area (Å²) in [5.41, 5.74) is 1.09. The van der Waals surface area contributed by atoms with Crippen LogP contribution < -0.4 is 5.32 Å². The third-order valence-corrected chi connectivity index (χ3v) is 3.50. The van der Waals surface area contributed by atoms with E-state index in [9.17, 15) is 4.79 Å². The Hall–Kier alpha value is -1.95. The van der Waals surface area contributed by atoms with E-state index in [-0.39, 0.29) is 11.9 Å². The van der Waals surface area contributed by atoms with Crippen LogP contribution in [0.15, 0.2) is 18.2 Å². The molecule has 2 aromatic rings. The maximum atomic E-state index is 12.2. The molecular formula is C13H16ClN5O. The highest BCUT2D eigenvalue weighted by Crippen LogP contribution is 2.22. The van der Waals surface area contributed by atoms with Crippen LogP contribution in [0.25, 0.3) is 11.4 Å². The summed E-state index contributed by atoms with van der Waals surface area (Å²) in [6.45, 7) is 6.05. The number of carbonyl (C=O) groups excluding carboxylic acids is 1. The molecule has 0 spiro atoms. The Morgan fingerprint density at radius 3 is 2.70 bits per heavy atom. The summed E-state index contributed by atoms with van der Waals surface area (Å²) >= 11 is 6.09. The lowest BCUT2D eigenvalue weighted by atomic mass is 10.0. The molecule has 1 atom stereocenters. The average Bonchev–Trinajstić information content (AvgIpc) is 2.92. The molecule has 2 rings (SSSR count). The highest BCUT2D eigenvalue weighted by Gasteiger charge is 2.16. The molecular weight excluding hydrogens is 278 g/mol. The fraction of sp³-hybridized carbons (Fsp3) is 0.385. The zero-order valence-corrected chi connectivity index (χ0v) is 12.3. The van der Waals surface area contributed by atoms with Gasteiger partial charge >= 0.3 is 0 Å². The van der Waals surface area contributed by atoms with E-state index >= 15 is 0 Å². The molecule has 0 aliphatic rings. The second kappa shape index (κ2) is 6.00. The van der Waals surface area contributed by atoms with Crippen molar-refractivity contribution in [2.24, 2.45) is 5.92 Å². The first kappa shape index (κ1) is 14.5. The summed E-state index contributed by atoms with van der Waals surface area (Å²) in [5, 5.41) is 17.0. The smallest absolute Gasteiger partial charge is 0.253 e. The fourth-order valence-electron chi connectivity index (χ4n) is 1.57. The van der Waals surface area contributed by atoms with E-state index in [0.717, 1.165) is 0 Å². The normalized spacial score (nSPS) is 12.4. The maximum absolute atomic E-state index is 12.2. The first-order valence-corrected chi connectivity index (χ1v) is 6.71. The van der Waals surface area contributed by atoms with Crippen molar-refractivity contribution in [3.8, 4) is 11.4 Å². The molecule has 7 heteroatoms. The topological polar surface area (TPSA) is 83.6 Å². The number of rotatable bonds is 4. The molecule has 1 aromatic carbocycles. The van der Waals surface area contributed by atoms with Gasteiger partial charge in [-0.25, -0.2) is 0 Å². The third-order valence-electron chi connectivity index (χ3n) is 3.17. The Morgan fingerprint density at radius 2 is 2.10 bits per heavy atom. The van der Waals surface area contributed by atoms with Gasteiger partial charge in [-0.1, -0.05) is 25.4 Å². The van der Waals surface area contributed by atoms with E-state index in [2.05, 4.69) is 25.9 Å². The lowest BCUT2D eigenvalue weighted by Crippen LogP contribution is -2.36. The number of tetrazole rings is 1. The number of H-pyrrole nitrogens is 1. The lowest BCUT2D eigenvalue weighted by molar-refractivity contribution is 0.0930. The van der Waals surface area contributed by atoms with Crippen molar-refractivity contribution in [3.05, 3.63) is 28.8 Å². The Balaban J connectivity index is 2.27. The molecule has 20 heavy (non-hydrogen) atoms. The molecule has 2 N–H and O–H groups in total. The minimum absolute atomic E-state index is 0.0624. The van der Waals surface area contributed by atoms with Crippen molar-refractivity contribution in [1.29, 1.82) is 0 Å². The molecule has 6 nitrogen and oxygen atoms in total. The molecule has 1 aromatic heterocycles. The van der Waals surface area contributed by atoms with Crippen molar-refractivity contribution in [3.63, 3.8) is 0 Å². The van der Waals surface area contributed by atoms with E-state index in [4.69, 9.17) is 11.6 Å². The summed E-state index contributed by atoms with van der Waals surface area (Å²) in [4.78, 5) is 12.2.